The van der Waals surface area contributed by atoms with Crippen molar-refractivity contribution in [3.05, 3.63) is 23.3 Å². The summed E-state index contributed by atoms with van der Waals surface area (Å²) in [5.74, 6) is 2.24. The molecule has 0 spiro atoms. The molecule has 2 nitrogen and oxygen atoms in total. The minimum absolute atomic E-state index is 0.162. The van der Waals surface area contributed by atoms with Gasteiger partial charge in [0.15, 0.2) is 5.78 Å². The summed E-state index contributed by atoms with van der Waals surface area (Å²) in [7, 11) is 0. The number of carbonyl (C=O) groups is 1. The average molecular weight is 397 g/mol. The van der Waals surface area contributed by atoms with Crippen molar-refractivity contribution in [1.29, 1.82) is 0 Å². The van der Waals surface area contributed by atoms with Crippen LogP contribution in [0.25, 0.3) is 0 Å². The van der Waals surface area contributed by atoms with Gasteiger partial charge in [-0.1, -0.05) is 41.5 Å². The normalized spacial score (nSPS) is 52.1. The Morgan fingerprint density at radius 2 is 1.14 bits per heavy atom. The average Bonchev–Trinajstić information content (AvgIpc) is 3.14. The molecule has 5 rings (SSSR count). The van der Waals surface area contributed by atoms with Gasteiger partial charge in [-0.25, -0.2) is 0 Å². The second kappa shape index (κ2) is 5.47. The van der Waals surface area contributed by atoms with Gasteiger partial charge in [0.25, 0.3) is 0 Å². The largest absolute Gasteiger partial charge is 0.382 e. The van der Waals surface area contributed by atoms with Crippen molar-refractivity contribution in [1.82, 2.24) is 0 Å². The highest BCUT2D eigenvalue weighted by Crippen LogP contribution is 2.72. The van der Waals surface area contributed by atoms with E-state index in [4.69, 9.17) is 0 Å². The van der Waals surface area contributed by atoms with Gasteiger partial charge in [0.2, 0.25) is 0 Å². The van der Waals surface area contributed by atoms with E-state index in [0.29, 0.717) is 23.7 Å². The van der Waals surface area contributed by atoms with E-state index in [0.717, 1.165) is 24.0 Å². The maximum atomic E-state index is 14.0. The highest BCUT2D eigenvalue weighted by Gasteiger charge is 2.65. The topological polar surface area (TPSA) is 37.3 Å². The molecule has 4 saturated carbocycles. The van der Waals surface area contributed by atoms with Crippen LogP contribution < -0.4 is 0 Å². The summed E-state index contributed by atoms with van der Waals surface area (Å²) in [6.45, 7) is 16.3. The van der Waals surface area contributed by atoms with Crippen LogP contribution in [0.5, 0.6) is 0 Å². The number of aliphatic hydroxyl groups is 1. The molecule has 0 aromatic rings. The second-order valence-electron chi connectivity index (χ2n) is 13.1. The standard InChI is InChI=1S/C27H40O2/c1-23(2)16-8-10-26(23,6)20(12-16)18-14-25(5,29)15-19(22(18)28)21-13-17-9-11-27(21,7)24(17,3)4/h14-17,20-21,29H,8-13H2,1-7H3. The third-order valence-electron chi connectivity index (χ3n) is 11.8. The molecule has 0 amide bonds. The van der Waals surface area contributed by atoms with Crippen molar-refractivity contribution >= 4 is 5.78 Å². The Morgan fingerprint density at radius 1 is 0.759 bits per heavy atom. The molecule has 4 bridgehead atoms. The van der Waals surface area contributed by atoms with Crippen LogP contribution in [0, 0.1) is 45.3 Å². The number of ketones is 1. The summed E-state index contributed by atoms with van der Waals surface area (Å²) in [6, 6.07) is 0. The summed E-state index contributed by atoms with van der Waals surface area (Å²) < 4.78 is 0. The Morgan fingerprint density at radius 3 is 1.41 bits per heavy atom. The predicted molar refractivity (Wildman–Crippen MR) is 117 cm³/mol. The van der Waals surface area contributed by atoms with E-state index in [1.54, 1.807) is 0 Å². The van der Waals surface area contributed by atoms with Gasteiger partial charge in [-0.3, -0.25) is 4.79 Å². The summed E-state index contributed by atoms with van der Waals surface area (Å²) >= 11 is 0. The third kappa shape index (κ3) is 2.25. The molecular formula is C27H40O2. The first-order valence-corrected chi connectivity index (χ1v) is 12.0. The Labute approximate surface area is 177 Å². The molecular weight excluding hydrogens is 356 g/mol. The summed E-state index contributed by atoms with van der Waals surface area (Å²) in [5, 5.41) is 11.2. The first-order valence-electron chi connectivity index (χ1n) is 12.0. The monoisotopic (exact) mass is 396 g/mol. The van der Waals surface area contributed by atoms with Crippen molar-refractivity contribution in [2.75, 3.05) is 0 Å². The van der Waals surface area contributed by atoms with Gasteiger partial charge in [-0.2, -0.15) is 0 Å². The summed E-state index contributed by atoms with van der Waals surface area (Å²) in [4.78, 5) is 14.0. The Bertz CT molecular complexity index is 775. The van der Waals surface area contributed by atoms with Crippen molar-refractivity contribution < 1.29 is 9.90 Å². The van der Waals surface area contributed by atoms with Crippen LogP contribution in [-0.4, -0.2) is 16.5 Å². The zero-order valence-electron chi connectivity index (χ0n) is 19.6. The fourth-order valence-electron chi connectivity index (χ4n) is 8.83. The molecule has 160 valence electrons. The van der Waals surface area contributed by atoms with Crippen molar-refractivity contribution in [2.24, 2.45) is 45.3 Å². The van der Waals surface area contributed by atoms with Crippen molar-refractivity contribution in [3.8, 4) is 0 Å². The van der Waals surface area contributed by atoms with Gasteiger partial charge in [0.05, 0.1) is 5.60 Å². The molecule has 5 aliphatic carbocycles. The van der Waals surface area contributed by atoms with E-state index in [2.05, 4.69) is 41.5 Å². The molecule has 6 atom stereocenters. The van der Waals surface area contributed by atoms with Crippen LogP contribution in [0.2, 0.25) is 0 Å². The maximum absolute atomic E-state index is 14.0. The van der Waals surface area contributed by atoms with E-state index in [-0.39, 0.29) is 27.4 Å². The van der Waals surface area contributed by atoms with Gasteiger partial charge in [0, 0.05) is 11.1 Å². The van der Waals surface area contributed by atoms with Gasteiger partial charge in [0.1, 0.15) is 0 Å². The lowest BCUT2D eigenvalue weighted by Crippen LogP contribution is -2.41. The summed E-state index contributed by atoms with van der Waals surface area (Å²) in [5.41, 5.74) is 1.73. The number of allylic oxidation sites excluding steroid dienone is 2. The van der Waals surface area contributed by atoms with Crippen molar-refractivity contribution in [3.63, 3.8) is 0 Å². The van der Waals surface area contributed by atoms with Crippen LogP contribution in [-0.2, 0) is 4.79 Å². The highest BCUT2D eigenvalue weighted by molar-refractivity contribution is 6.10. The predicted octanol–water partition coefficient (Wildman–Crippen LogP) is 6.10. The van der Waals surface area contributed by atoms with Crippen molar-refractivity contribution in [2.45, 2.75) is 92.6 Å². The molecule has 2 heteroatoms. The van der Waals surface area contributed by atoms with Gasteiger partial charge >= 0.3 is 0 Å². The number of carbonyl (C=O) groups excluding carboxylic acids is 1. The van der Waals surface area contributed by atoms with E-state index in [1.165, 1.54) is 25.7 Å². The molecule has 0 saturated heterocycles. The zero-order chi connectivity index (χ0) is 21.2. The van der Waals surface area contributed by atoms with Crippen LogP contribution in [0.3, 0.4) is 0 Å². The molecule has 0 radical (unpaired) electrons. The van der Waals surface area contributed by atoms with E-state index < -0.39 is 5.60 Å². The van der Waals surface area contributed by atoms with Crippen LogP contribution in [0.4, 0.5) is 0 Å². The highest BCUT2D eigenvalue weighted by atomic mass is 16.3. The fourth-order valence-corrected chi connectivity index (χ4v) is 8.83. The molecule has 0 aromatic heterocycles. The smallest absolute Gasteiger partial charge is 0.185 e. The first-order chi connectivity index (χ1) is 13.2. The molecule has 29 heavy (non-hydrogen) atoms. The second-order valence-corrected chi connectivity index (χ2v) is 13.1. The van der Waals surface area contributed by atoms with Crippen LogP contribution >= 0.6 is 0 Å². The molecule has 0 aliphatic heterocycles. The molecule has 1 N–H and O–H groups in total. The van der Waals surface area contributed by atoms with Crippen LogP contribution in [0.15, 0.2) is 23.3 Å². The molecule has 0 heterocycles. The lowest BCUT2D eigenvalue weighted by Gasteiger charge is -2.44. The van der Waals surface area contributed by atoms with Gasteiger partial charge in [-0.05, 0) is 103 Å². The number of hydrogen-bond acceptors (Lipinski definition) is 2. The minimum atomic E-state index is -1.01. The summed E-state index contributed by atoms with van der Waals surface area (Å²) in [6.07, 6.45) is 11.1. The fraction of sp³-hybridized carbons (Fsp3) is 0.815. The van der Waals surface area contributed by atoms with Gasteiger partial charge in [-0.15, -0.1) is 0 Å². The number of rotatable bonds is 2. The molecule has 6 unspecified atom stereocenters. The Kier molecular flexibility index (Phi) is 3.78. The number of fused-ring (bicyclic) bond motifs is 4. The van der Waals surface area contributed by atoms with Crippen LogP contribution in [0.1, 0.15) is 87.0 Å². The van der Waals surface area contributed by atoms with E-state index >= 15 is 0 Å². The SMILES string of the molecule is CC1(O)C=C(C2CC3CCC2(C)C3(C)C)C(=O)C(C2CC3CCC2(C)C3(C)C)=C1. The minimum Gasteiger partial charge on any atom is -0.382 e. The van der Waals surface area contributed by atoms with E-state index in [1.807, 2.05) is 19.1 Å². The van der Waals surface area contributed by atoms with Gasteiger partial charge < -0.3 is 5.11 Å². The molecule has 0 aromatic carbocycles. The Balaban J connectivity index is 1.54. The first kappa shape index (κ1) is 20.0. The number of Topliss-reactive ketones (excluding diaryl/α,β-unsaturated/α-hetero) is 1. The Hall–Kier alpha value is -0.890. The zero-order valence-corrected chi connectivity index (χ0v) is 19.6. The quantitative estimate of drug-likeness (QED) is 0.612. The lowest BCUT2D eigenvalue weighted by atomic mass is 9.60. The molecule has 4 fully saturated rings. The third-order valence-corrected chi connectivity index (χ3v) is 11.8. The van der Waals surface area contributed by atoms with E-state index in [9.17, 15) is 9.90 Å². The molecule has 5 aliphatic rings. The lowest BCUT2D eigenvalue weighted by molar-refractivity contribution is -0.115. The number of hydrogen-bond donors (Lipinski definition) is 1. The maximum Gasteiger partial charge on any atom is 0.185 e.